The van der Waals surface area contributed by atoms with Crippen molar-refractivity contribution in [2.45, 2.75) is 52.4 Å². The molecule has 5 rings (SSSR count). The van der Waals surface area contributed by atoms with Crippen molar-refractivity contribution < 1.29 is 0 Å². The number of fused-ring (bicyclic) bond motifs is 7. The van der Waals surface area contributed by atoms with Crippen molar-refractivity contribution in [3.8, 4) is 22.3 Å². The summed E-state index contributed by atoms with van der Waals surface area (Å²) in [5.74, 6) is 0. The first-order valence-corrected chi connectivity index (χ1v) is 9.65. The zero-order valence-electron chi connectivity index (χ0n) is 16.6. The summed E-state index contributed by atoms with van der Waals surface area (Å²) in [7, 11) is 0. The fourth-order valence-corrected chi connectivity index (χ4v) is 5.68. The third-order valence-electron chi connectivity index (χ3n) is 6.89. The van der Waals surface area contributed by atoms with Gasteiger partial charge in [0.25, 0.3) is 0 Å². The van der Waals surface area contributed by atoms with Crippen molar-refractivity contribution in [2.24, 2.45) is 0 Å². The van der Waals surface area contributed by atoms with Crippen LogP contribution in [0.5, 0.6) is 0 Å². The molecule has 130 valence electrons. The highest BCUT2D eigenvalue weighted by Gasteiger charge is 2.46. The van der Waals surface area contributed by atoms with Crippen LogP contribution in [0.3, 0.4) is 0 Å². The topological polar surface area (TPSA) is 0 Å². The van der Waals surface area contributed by atoms with Crippen LogP contribution in [-0.4, -0.2) is 0 Å². The van der Waals surface area contributed by atoms with E-state index in [1.54, 1.807) is 11.1 Å². The Morgan fingerprint density at radius 2 is 0.923 bits per heavy atom. The average molecular weight is 338 g/mol. The second kappa shape index (κ2) is 4.68. The predicted octanol–water partition coefficient (Wildman–Crippen LogP) is 6.92. The molecule has 0 nitrogen and oxygen atoms in total. The number of hydrogen-bond donors (Lipinski definition) is 0. The van der Waals surface area contributed by atoms with Gasteiger partial charge in [0.15, 0.2) is 0 Å². The quantitative estimate of drug-likeness (QED) is 0.417. The molecule has 0 aliphatic heterocycles. The van der Waals surface area contributed by atoms with Crippen molar-refractivity contribution >= 4 is 0 Å². The standard InChI is InChI=1S/C26H26/c1-15-9-7-11-19-21(15)17-13-14-18-22-16(2)10-8-12-20(22)26(5,6)24(18)23(17)25(19,3)4/h7-14H,1-6H3. The highest BCUT2D eigenvalue weighted by molar-refractivity contribution is 5.92. The Kier molecular flexibility index (Phi) is 2.86. The molecule has 0 aromatic heterocycles. The molecule has 2 aliphatic rings. The number of aryl methyl sites for hydroxylation is 2. The first kappa shape index (κ1) is 15.9. The van der Waals surface area contributed by atoms with Gasteiger partial charge in [0.2, 0.25) is 0 Å². The molecular weight excluding hydrogens is 312 g/mol. The van der Waals surface area contributed by atoms with Gasteiger partial charge >= 0.3 is 0 Å². The largest absolute Gasteiger partial charge is 0.0617 e. The molecular formula is C26H26. The SMILES string of the molecule is Cc1cccc2c1-c1ccc3c(c1C2(C)C)C(C)(C)c1cccc(C)c1-3. The second-order valence-corrected chi connectivity index (χ2v) is 9.16. The second-order valence-electron chi connectivity index (χ2n) is 9.16. The minimum atomic E-state index is 0.0370. The summed E-state index contributed by atoms with van der Waals surface area (Å²) in [4.78, 5) is 0. The molecule has 0 heterocycles. The first-order chi connectivity index (χ1) is 12.3. The molecule has 0 bridgehead atoms. The summed E-state index contributed by atoms with van der Waals surface area (Å²) in [5, 5.41) is 0. The van der Waals surface area contributed by atoms with Gasteiger partial charge in [-0.25, -0.2) is 0 Å². The zero-order chi connectivity index (χ0) is 18.4. The maximum atomic E-state index is 2.41. The van der Waals surface area contributed by atoms with Crippen molar-refractivity contribution in [3.05, 3.63) is 81.9 Å². The minimum absolute atomic E-state index is 0.0370. The number of rotatable bonds is 0. The Labute approximate surface area is 156 Å². The van der Waals surface area contributed by atoms with Crippen LogP contribution < -0.4 is 0 Å². The van der Waals surface area contributed by atoms with E-state index in [1.807, 2.05) is 0 Å². The van der Waals surface area contributed by atoms with Crippen LogP contribution in [0.4, 0.5) is 0 Å². The summed E-state index contributed by atoms with van der Waals surface area (Å²) in [6.07, 6.45) is 0. The lowest BCUT2D eigenvalue weighted by atomic mass is 9.72. The molecule has 0 heteroatoms. The lowest BCUT2D eigenvalue weighted by molar-refractivity contribution is 0.601. The molecule has 0 unspecified atom stereocenters. The van der Waals surface area contributed by atoms with Gasteiger partial charge in [0.05, 0.1) is 0 Å². The number of benzene rings is 3. The summed E-state index contributed by atoms with van der Waals surface area (Å²) in [6.45, 7) is 14.1. The molecule has 0 radical (unpaired) electrons. The smallest absolute Gasteiger partial charge is 0.0162 e. The maximum Gasteiger partial charge on any atom is 0.0162 e. The van der Waals surface area contributed by atoms with Gasteiger partial charge in [0.1, 0.15) is 0 Å². The van der Waals surface area contributed by atoms with Crippen LogP contribution in [0.25, 0.3) is 22.3 Å². The van der Waals surface area contributed by atoms with Crippen LogP contribution in [0.2, 0.25) is 0 Å². The summed E-state index contributed by atoms with van der Waals surface area (Å²) >= 11 is 0. The van der Waals surface area contributed by atoms with E-state index >= 15 is 0 Å². The van der Waals surface area contributed by atoms with Crippen LogP contribution in [0, 0.1) is 13.8 Å². The molecule has 0 amide bonds. The van der Waals surface area contributed by atoms with E-state index in [0.29, 0.717) is 0 Å². The van der Waals surface area contributed by atoms with Crippen LogP contribution >= 0.6 is 0 Å². The average Bonchev–Trinajstić information content (AvgIpc) is 2.96. The molecule has 0 spiro atoms. The Morgan fingerprint density at radius 1 is 0.538 bits per heavy atom. The van der Waals surface area contributed by atoms with E-state index in [0.717, 1.165) is 0 Å². The van der Waals surface area contributed by atoms with Gasteiger partial charge in [-0.3, -0.25) is 0 Å². The summed E-state index contributed by atoms with van der Waals surface area (Å²) in [6, 6.07) is 18.4. The fourth-order valence-electron chi connectivity index (χ4n) is 5.68. The molecule has 0 saturated heterocycles. The molecule has 0 saturated carbocycles. The Hall–Kier alpha value is -2.34. The van der Waals surface area contributed by atoms with Crippen LogP contribution in [-0.2, 0) is 10.8 Å². The molecule has 0 atom stereocenters. The Balaban J connectivity index is 1.94. The predicted molar refractivity (Wildman–Crippen MR) is 111 cm³/mol. The van der Waals surface area contributed by atoms with E-state index < -0.39 is 0 Å². The molecule has 3 aromatic carbocycles. The van der Waals surface area contributed by atoms with Gasteiger partial charge in [-0.15, -0.1) is 0 Å². The molecule has 2 aliphatic carbocycles. The first-order valence-electron chi connectivity index (χ1n) is 9.65. The summed E-state index contributed by atoms with van der Waals surface area (Å²) in [5.41, 5.74) is 14.7. The van der Waals surface area contributed by atoms with E-state index in [-0.39, 0.29) is 10.8 Å². The number of hydrogen-bond acceptors (Lipinski definition) is 0. The molecule has 0 N–H and O–H groups in total. The van der Waals surface area contributed by atoms with Gasteiger partial charge in [-0.1, -0.05) is 76.2 Å². The third kappa shape index (κ3) is 1.66. The molecule has 26 heavy (non-hydrogen) atoms. The molecule has 0 fully saturated rings. The monoisotopic (exact) mass is 338 g/mol. The fraction of sp³-hybridized carbons (Fsp3) is 0.308. The van der Waals surface area contributed by atoms with E-state index in [9.17, 15) is 0 Å². The lowest BCUT2D eigenvalue weighted by Crippen LogP contribution is -2.24. The highest BCUT2D eigenvalue weighted by Crippen LogP contribution is 2.59. The maximum absolute atomic E-state index is 2.41. The lowest BCUT2D eigenvalue weighted by Gasteiger charge is -2.30. The van der Waals surface area contributed by atoms with Crippen molar-refractivity contribution in [1.82, 2.24) is 0 Å². The van der Waals surface area contributed by atoms with Gasteiger partial charge in [-0.2, -0.15) is 0 Å². The van der Waals surface area contributed by atoms with Gasteiger partial charge in [-0.05, 0) is 69.5 Å². The highest BCUT2D eigenvalue weighted by atomic mass is 14.5. The minimum Gasteiger partial charge on any atom is -0.0617 e. The normalized spacial score (nSPS) is 17.5. The van der Waals surface area contributed by atoms with E-state index in [2.05, 4.69) is 90.1 Å². The van der Waals surface area contributed by atoms with Crippen LogP contribution in [0.1, 0.15) is 61.1 Å². The molecule has 3 aromatic rings. The van der Waals surface area contributed by atoms with E-state index in [1.165, 1.54) is 44.5 Å². The third-order valence-corrected chi connectivity index (χ3v) is 6.89. The van der Waals surface area contributed by atoms with Crippen molar-refractivity contribution in [1.29, 1.82) is 0 Å². The Bertz CT molecular complexity index is 1000. The van der Waals surface area contributed by atoms with Crippen molar-refractivity contribution in [3.63, 3.8) is 0 Å². The Morgan fingerprint density at radius 3 is 1.31 bits per heavy atom. The zero-order valence-corrected chi connectivity index (χ0v) is 16.6. The van der Waals surface area contributed by atoms with Crippen molar-refractivity contribution in [2.75, 3.05) is 0 Å². The van der Waals surface area contributed by atoms with Gasteiger partial charge in [0, 0.05) is 10.8 Å². The summed E-state index contributed by atoms with van der Waals surface area (Å²) < 4.78 is 0. The van der Waals surface area contributed by atoms with Crippen LogP contribution in [0.15, 0.2) is 48.5 Å². The van der Waals surface area contributed by atoms with E-state index in [4.69, 9.17) is 0 Å². The van der Waals surface area contributed by atoms with Gasteiger partial charge < -0.3 is 0 Å².